The number of anilines is 2. The Hall–Kier alpha value is -2.53. The summed E-state index contributed by atoms with van der Waals surface area (Å²) in [5.74, 6) is -0.235. The second-order valence-electron chi connectivity index (χ2n) is 5.55. The van der Waals surface area contributed by atoms with Crippen LogP contribution in [0.3, 0.4) is 0 Å². The van der Waals surface area contributed by atoms with E-state index in [1.807, 2.05) is 24.3 Å². The highest BCUT2D eigenvalue weighted by Gasteiger charge is 2.33. The van der Waals surface area contributed by atoms with E-state index in [2.05, 4.69) is 10.6 Å². The predicted molar refractivity (Wildman–Crippen MR) is 95.7 cm³/mol. The van der Waals surface area contributed by atoms with Gasteiger partial charge in [0.2, 0.25) is 5.91 Å². The molecular weight excluding hydrogens is 326 g/mol. The monoisotopic (exact) mass is 343 g/mol. The number of hydrogen-bond acceptors (Lipinski definition) is 3. The lowest BCUT2D eigenvalue weighted by molar-refractivity contribution is -0.117. The first-order valence-corrected chi connectivity index (χ1v) is 8.13. The molecule has 2 aromatic carbocycles. The molecule has 124 valence electrons. The molecule has 3 rings (SSSR count). The highest BCUT2D eigenvalue weighted by atomic mass is 35.5. The van der Waals surface area contributed by atoms with Crippen LogP contribution in [0.25, 0.3) is 0 Å². The fraction of sp³-hybridized carbons (Fsp3) is 0.222. The maximum Gasteiger partial charge on any atom is 0.253 e. The summed E-state index contributed by atoms with van der Waals surface area (Å²) in [6.45, 7) is 0.586. The lowest BCUT2D eigenvalue weighted by Gasteiger charge is -2.19. The number of carbonyl (C=O) groups is 2. The van der Waals surface area contributed by atoms with Crippen LogP contribution in [-0.4, -0.2) is 31.4 Å². The average Bonchev–Trinajstić information content (AvgIpc) is 2.96. The Balaban J connectivity index is 1.80. The van der Waals surface area contributed by atoms with E-state index in [0.29, 0.717) is 34.9 Å². The zero-order valence-corrected chi connectivity index (χ0v) is 14.0. The van der Waals surface area contributed by atoms with Gasteiger partial charge in [0.15, 0.2) is 0 Å². The molecule has 0 aliphatic carbocycles. The van der Waals surface area contributed by atoms with Crippen molar-refractivity contribution in [1.82, 2.24) is 5.32 Å². The number of hydrogen-bond donors (Lipinski definition) is 2. The summed E-state index contributed by atoms with van der Waals surface area (Å²) in [5, 5.41) is 6.36. The van der Waals surface area contributed by atoms with E-state index in [1.54, 1.807) is 36.2 Å². The van der Waals surface area contributed by atoms with Crippen LogP contribution < -0.4 is 15.5 Å². The Labute approximate surface area is 145 Å². The molecule has 0 aromatic heterocycles. The second kappa shape index (κ2) is 6.93. The third kappa shape index (κ3) is 3.08. The minimum absolute atomic E-state index is 0.0465. The van der Waals surface area contributed by atoms with Crippen molar-refractivity contribution in [3.63, 3.8) is 0 Å². The summed E-state index contributed by atoms with van der Waals surface area (Å²) in [4.78, 5) is 26.4. The minimum atomic E-state index is -0.382. The number of rotatable bonds is 4. The molecule has 2 amide bonds. The lowest BCUT2D eigenvalue weighted by Crippen LogP contribution is -2.34. The molecular formula is C18H18ClN3O2. The van der Waals surface area contributed by atoms with Crippen LogP contribution in [0.1, 0.15) is 16.8 Å². The van der Waals surface area contributed by atoms with Gasteiger partial charge in [0.1, 0.15) is 6.04 Å². The molecule has 0 spiro atoms. The molecule has 1 heterocycles. The summed E-state index contributed by atoms with van der Waals surface area (Å²) in [7, 11) is 1.58. The van der Waals surface area contributed by atoms with Gasteiger partial charge in [0.25, 0.3) is 5.91 Å². The van der Waals surface area contributed by atoms with E-state index in [0.717, 1.165) is 0 Å². The van der Waals surface area contributed by atoms with Crippen molar-refractivity contribution < 1.29 is 9.59 Å². The number of nitrogens with one attached hydrogen (secondary N) is 2. The Kier molecular flexibility index (Phi) is 4.71. The average molecular weight is 344 g/mol. The van der Waals surface area contributed by atoms with Crippen LogP contribution in [0.5, 0.6) is 0 Å². The number of amides is 2. The van der Waals surface area contributed by atoms with Gasteiger partial charge in [-0.3, -0.25) is 9.59 Å². The largest absolute Gasteiger partial charge is 0.373 e. The maximum atomic E-state index is 12.7. The summed E-state index contributed by atoms with van der Waals surface area (Å²) in [5.41, 5.74) is 1.88. The topological polar surface area (TPSA) is 61.4 Å². The number of para-hydroxylation sites is 2. The van der Waals surface area contributed by atoms with Crippen LogP contribution in [0.2, 0.25) is 5.02 Å². The number of halogens is 1. The highest BCUT2D eigenvalue weighted by Crippen LogP contribution is 2.30. The summed E-state index contributed by atoms with van der Waals surface area (Å²) in [6, 6.07) is 14.1. The van der Waals surface area contributed by atoms with Crippen molar-refractivity contribution >= 4 is 34.8 Å². The third-order valence-electron chi connectivity index (χ3n) is 4.08. The first kappa shape index (κ1) is 16.3. The van der Waals surface area contributed by atoms with Crippen molar-refractivity contribution in [2.24, 2.45) is 0 Å². The van der Waals surface area contributed by atoms with E-state index in [1.165, 1.54) is 0 Å². The smallest absolute Gasteiger partial charge is 0.253 e. The van der Waals surface area contributed by atoms with Gasteiger partial charge in [0.05, 0.1) is 16.3 Å². The Morgan fingerprint density at radius 2 is 1.88 bits per heavy atom. The van der Waals surface area contributed by atoms with Crippen LogP contribution in [-0.2, 0) is 4.79 Å². The zero-order chi connectivity index (χ0) is 17.1. The molecule has 0 unspecified atom stereocenters. The van der Waals surface area contributed by atoms with Crippen molar-refractivity contribution in [2.75, 3.05) is 23.8 Å². The molecule has 0 radical (unpaired) electrons. The molecule has 1 aliphatic rings. The Bertz CT molecular complexity index is 778. The number of nitrogens with zero attached hydrogens (tertiary/aromatic N) is 1. The standard InChI is InChI=1S/C18H18ClN3O2/c1-20-17(23)12-6-2-4-8-14(12)21-15-10-11-22(18(15)24)16-9-5-3-7-13(16)19/h2-9,15,21H,10-11H2,1H3,(H,20,23)/t15-/m1/s1. The van der Waals surface area contributed by atoms with Crippen molar-refractivity contribution in [3.05, 3.63) is 59.1 Å². The summed E-state index contributed by atoms with van der Waals surface area (Å²) < 4.78 is 0. The number of carbonyl (C=O) groups excluding carboxylic acids is 2. The zero-order valence-electron chi connectivity index (χ0n) is 13.3. The van der Waals surface area contributed by atoms with Crippen LogP contribution >= 0.6 is 11.6 Å². The normalized spacial score (nSPS) is 17.0. The van der Waals surface area contributed by atoms with E-state index < -0.39 is 0 Å². The quantitative estimate of drug-likeness (QED) is 0.897. The highest BCUT2D eigenvalue weighted by molar-refractivity contribution is 6.34. The van der Waals surface area contributed by atoms with E-state index in [-0.39, 0.29) is 17.9 Å². The minimum Gasteiger partial charge on any atom is -0.373 e. The van der Waals surface area contributed by atoms with E-state index in [4.69, 9.17) is 11.6 Å². The molecule has 1 aliphatic heterocycles. The van der Waals surface area contributed by atoms with Crippen LogP contribution in [0, 0.1) is 0 Å². The van der Waals surface area contributed by atoms with Crippen molar-refractivity contribution in [1.29, 1.82) is 0 Å². The first-order chi connectivity index (χ1) is 11.6. The van der Waals surface area contributed by atoms with Gasteiger partial charge < -0.3 is 15.5 Å². The Morgan fingerprint density at radius 3 is 2.62 bits per heavy atom. The second-order valence-corrected chi connectivity index (χ2v) is 5.96. The van der Waals surface area contributed by atoms with Gasteiger partial charge in [-0.2, -0.15) is 0 Å². The molecule has 2 N–H and O–H groups in total. The molecule has 0 saturated carbocycles. The van der Waals surface area contributed by atoms with Gasteiger partial charge in [-0.05, 0) is 30.7 Å². The molecule has 6 heteroatoms. The van der Waals surface area contributed by atoms with Crippen LogP contribution in [0.15, 0.2) is 48.5 Å². The lowest BCUT2D eigenvalue weighted by atomic mass is 10.1. The summed E-state index contributed by atoms with van der Waals surface area (Å²) >= 11 is 6.20. The predicted octanol–water partition coefficient (Wildman–Crippen LogP) is 2.92. The molecule has 0 bridgehead atoms. The van der Waals surface area contributed by atoms with Gasteiger partial charge >= 0.3 is 0 Å². The van der Waals surface area contributed by atoms with Gasteiger partial charge in [-0.25, -0.2) is 0 Å². The van der Waals surface area contributed by atoms with Crippen LogP contribution in [0.4, 0.5) is 11.4 Å². The van der Waals surface area contributed by atoms with E-state index in [9.17, 15) is 9.59 Å². The molecule has 24 heavy (non-hydrogen) atoms. The number of benzene rings is 2. The fourth-order valence-corrected chi connectivity index (χ4v) is 3.09. The molecule has 1 fully saturated rings. The van der Waals surface area contributed by atoms with Gasteiger partial charge in [-0.1, -0.05) is 35.9 Å². The molecule has 2 aromatic rings. The Morgan fingerprint density at radius 1 is 1.17 bits per heavy atom. The summed E-state index contributed by atoms with van der Waals surface area (Å²) in [6.07, 6.45) is 0.645. The third-order valence-corrected chi connectivity index (χ3v) is 4.40. The van der Waals surface area contributed by atoms with E-state index >= 15 is 0 Å². The SMILES string of the molecule is CNC(=O)c1ccccc1N[C@@H]1CCN(c2ccccc2Cl)C1=O. The fourth-order valence-electron chi connectivity index (χ4n) is 2.85. The molecule has 1 atom stereocenters. The van der Waals surface area contributed by atoms with Crippen molar-refractivity contribution in [2.45, 2.75) is 12.5 Å². The maximum absolute atomic E-state index is 12.7. The molecule has 5 nitrogen and oxygen atoms in total. The van der Waals surface area contributed by atoms with Gasteiger partial charge in [-0.15, -0.1) is 0 Å². The van der Waals surface area contributed by atoms with Gasteiger partial charge in [0, 0.05) is 19.3 Å². The molecule has 1 saturated heterocycles. The van der Waals surface area contributed by atoms with Crippen molar-refractivity contribution in [3.8, 4) is 0 Å². The first-order valence-electron chi connectivity index (χ1n) is 7.75.